The van der Waals surface area contributed by atoms with Crippen LogP contribution in [0.5, 0.6) is 0 Å². The number of hydrogen-bond acceptors (Lipinski definition) is 3. The molecule has 1 atom stereocenters. The maximum Gasteiger partial charge on any atom is 0.278 e. The third kappa shape index (κ3) is 4.90. The van der Waals surface area contributed by atoms with E-state index in [1.165, 1.54) is 5.56 Å². The van der Waals surface area contributed by atoms with E-state index in [0.29, 0.717) is 22.6 Å². The minimum Gasteiger partial charge on any atom is -0.352 e. The fourth-order valence-corrected chi connectivity index (χ4v) is 4.80. The van der Waals surface area contributed by atoms with Crippen LogP contribution in [0.15, 0.2) is 90.0 Å². The summed E-state index contributed by atoms with van der Waals surface area (Å²) in [7, 11) is 0. The molecule has 0 fully saturated rings. The van der Waals surface area contributed by atoms with Gasteiger partial charge in [0.1, 0.15) is 17.6 Å². The number of hydrogen-bond donors (Lipinski definition) is 1. The van der Waals surface area contributed by atoms with E-state index in [2.05, 4.69) is 22.4 Å². The predicted octanol–water partition coefficient (Wildman–Crippen LogP) is 5.19. The third-order valence-electron chi connectivity index (χ3n) is 6.45. The normalized spacial score (nSPS) is 12.2. The molecule has 182 valence electrons. The Morgan fingerprint density at radius 2 is 1.72 bits per heavy atom. The van der Waals surface area contributed by atoms with Crippen molar-refractivity contribution in [2.75, 3.05) is 0 Å². The summed E-state index contributed by atoms with van der Waals surface area (Å²) < 4.78 is 3.32. The smallest absolute Gasteiger partial charge is 0.278 e. The highest BCUT2D eigenvalue weighted by Gasteiger charge is 2.19. The molecule has 7 heteroatoms. The molecule has 1 N–H and O–H groups in total. The molecule has 2 aromatic heterocycles. The molecule has 2 heterocycles. The summed E-state index contributed by atoms with van der Waals surface area (Å²) in [5.41, 5.74) is 3.68. The van der Waals surface area contributed by atoms with Gasteiger partial charge in [0, 0.05) is 16.5 Å². The highest BCUT2D eigenvalue weighted by atomic mass is 35.5. The fraction of sp³-hybridized carbons (Fsp3) is 0.207. The van der Waals surface area contributed by atoms with Gasteiger partial charge in [0.05, 0.1) is 18.4 Å². The van der Waals surface area contributed by atoms with E-state index < -0.39 is 0 Å². The van der Waals surface area contributed by atoms with Gasteiger partial charge in [0.2, 0.25) is 5.91 Å². The Kier molecular flexibility index (Phi) is 6.87. The first-order valence-electron chi connectivity index (χ1n) is 12.0. The van der Waals surface area contributed by atoms with Crippen molar-refractivity contribution >= 4 is 39.4 Å². The zero-order valence-corrected chi connectivity index (χ0v) is 20.8. The van der Waals surface area contributed by atoms with Gasteiger partial charge in [-0.15, -0.1) is 0 Å². The summed E-state index contributed by atoms with van der Waals surface area (Å²) in [6, 6.07) is 25.3. The monoisotopic (exact) mass is 498 g/mol. The Morgan fingerprint density at radius 1 is 1.00 bits per heavy atom. The molecule has 0 spiro atoms. The van der Waals surface area contributed by atoms with Crippen LogP contribution in [0.1, 0.15) is 24.5 Å². The van der Waals surface area contributed by atoms with Crippen molar-refractivity contribution in [2.45, 2.75) is 38.9 Å². The summed E-state index contributed by atoms with van der Waals surface area (Å²) in [4.78, 5) is 31.3. The van der Waals surface area contributed by atoms with E-state index in [4.69, 9.17) is 11.6 Å². The Bertz CT molecular complexity index is 1590. The molecular formula is C29H27ClN4O2. The summed E-state index contributed by atoms with van der Waals surface area (Å²) in [6.45, 7) is 2.34. The minimum absolute atomic E-state index is 0.000743. The van der Waals surface area contributed by atoms with Gasteiger partial charge in [-0.3, -0.25) is 14.2 Å². The van der Waals surface area contributed by atoms with Gasteiger partial charge >= 0.3 is 0 Å². The maximum atomic E-state index is 13.6. The zero-order chi connectivity index (χ0) is 25.1. The molecule has 0 saturated heterocycles. The Labute approximate surface area is 214 Å². The number of aromatic nitrogens is 3. The standard InChI is InChI=1S/C29H27ClN4O2/c1-20(15-16-21-9-3-2-4-10-21)32-26(35)18-34-25-14-8-6-12-23(25)27-28(34)29(36)33(19-31-27)17-22-11-5-7-13-24(22)30/h2-14,19-20H,15-18H2,1H3,(H,32,35). The first-order chi connectivity index (χ1) is 17.5. The highest BCUT2D eigenvalue weighted by Crippen LogP contribution is 2.25. The van der Waals surface area contributed by atoms with E-state index in [-0.39, 0.29) is 24.1 Å². The molecule has 0 aliphatic heterocycles. The Hall–Kier alpha value is -3.90. The molecule has 5 rings (SSSR count). The van der Waals surface area contributed by atoms with Crippen molar-refractivity contribution < 1.29 is 4.79 Å². The molecule has 1 amide bonds. The molecule has 3 aromatic carbocycles. The summed E-state index contributed by atoms with van der Waals surface area (Å²) in [5, 5.41) is 4.53. The van der Waals surface area contributed by atoms with E-state index in [9.17, 15) is 9.59 Å². The topological polar surface area (TPSA) is 68.9 Å². The van der Waals surface area contributed by atoms with Gasteiger partial charge in [-0.05, 0) is 43.0 Å². The summed E-state index contributed by atoms with van der Waals surface area (Å²) in [5.74, 6) is -0.140. The van der Waals surface area contributed by atoms with Gasteiger partial charge in [-0.2, -0.15) is 0 Å². The number of halogens is 1. The van der Waals surface area contributed by atoms with Crippen LogP contribution in [0.4, 0.5) is 0 Å². The van der Waals surface area contributed by atoms with Gasteiger partial charge in [0.15, 0.2) is 0 Å². The van der Waals surface area contributed by atoms with E-state index in [1.54, 1.807) is 21.5 Å². The second kappa shape index (κ2) is 10.4. The minimum atomic E-state index is -0.207. The summed E-state index contributed by atoms with van der Waals surface area (Å²) >= 11 is 6.33. The quantitative estimate of drug-likeness (QED) is 0.320. The van der Waals surface area contributed by atoms with Crippen LogP contribution in [0.25, 0.3) is 21.9 Å². The number of amides is 1. The van der Waals surface area contributed by atoms with Gasteiger partial charge in [0.25, 0.3) is 5.56 Å². The lowest BCUT2D eigenvalue weighted by Crippen LogP contribution is -2.36. The number of carbonyl (C=O) groups is 1. The second-order valence-corrected chi connectivity index (χ2v) is 9.47. The van der Waals surface area contributed by atoms with Crippen LogP contribution in [0.2, 0.25) is 5.02 Å². The van der Waals surface area contributed by atoms with Crippen LogP contribution >= 0.6 is 11.6 Å². The van der Waals surface area contributed by atoms with Gasteiger partial charge < -0.3 is 9.88 Å². The number of aryl methyl sites for hydroxylation is 1. The average molecular weight is 499 g/mol. The van der Waals surface area contributed by atoms with Crippen LogP contribution < -0.4 is 10.9 Å². The average Bonchev–Trinajstić information content (AvgIpc) is 3.20. The van der Waals surface area contributed by atoms with E-state index in [1.807, 2.05) is 67.6 Å². The largest absolute Gasteiger partial charge is 0.352 e. The van der Waals surface area contributed by atoms with E-state index >= 15 is 0 Å². The number of nitrogens with zero attached hydrogens (tertiary/aromatic N) is 3. The van der Waals surface area contributed by atoms with Crippen molar-refractivity contribution in [1.82, 2.24) is 19.4 Å². The number of benzene rings is 3. The number of nitrogens with one attached hydrogen (secondary N) is 1. The number of para-hydroxylation sites is 1. The molecular weight excluding hydrogens is 472 g/mol. The summed E-state index contributed by atoms with van der Waals surface area (Å²) in [6.07, 6.45) is 3.26. The molecule has 5 aromatic rings. The highest BCUT2D eigenvalue weighted by molar-refractivity contribution is 6.31. The van der Waals surface area contributed by atoms with Crippen molar-refractivity contribution in [3.63, 3.8) is 0 Å². The van der Waals surface area contributed by atoms with Crippen LogP contribution in [0.3, 0.4) is 0 Å². The van der Waals surface area contributed by atoms with E-state index in [0.717, 1.165) is 29.3 Å². The van der Waals surface area contributed by atoms with Gasteiger partial charge in [-0.25, -0.2) is 4.98 Å². The molecule has 6 nitrogen and oxygen atoms in total. The number of carbonyl (C=O) groups excluding carboxylic acids is 1. The van der Waals surface area contributed by atoms with Crippen molar-refractivity contribution in [1.29, 1.82) is 0 Å². The number of rotatable bonds is 8. The molecule has 0 aliphatic carbocycles. The van der Waals surface area contributed by atoms with Crippen molar-refractivity contribution in [2.24, 2.45) is 0 Å². The van der Waals surface area contributed by atoms with Crippen LogP contribution in [-0.4, -0.2) is 26.1 Å². The molecule has 0 radical (unpaired) electrons. The predicted molar refractivity (Wildman–Crippen MR) is 144 cm³/mol. The molecule has 0 aliphatic rings. The third-order valence-corrected chi connectivity index (χ3v) is 6.82. The SMILES string of the molecule is CC(CCc1ccccc1)NC(=O)Cn1c2ccccc2c2ncn(Cc3ccccc3Cl)c(=O)c21. The van der Waals surface area contributed by atoms with Crippen molar-refractivity contribution in [3.8, 4) is 0 Å². The fourth-order valence-electron chi connectivity index (χ4n) is 4.60. The molecule has 0 saturated carbocycles. The van der Waals surface area contributed by atoms with Crippen molar-refractivity contribution in [3.05, 3.63) is 112 Å². The Balaban J connectivity index is 1.43. The first kappa shape index (κ1) is 23.8. The maximum absolute atomic E-state index is 13.6. The molecule has 1 unspecified atom stereocenters. The first-order valence-corrected chi connectivity index (χ1v) is 12.4. The van der Waals surface area contributed by atoms with Crippen LogP contribution in [-0.2, 0) is 24.3 Å². The lowest BCUT2D eigenvalue weighted by molar-refractivity contribution is -0.122. The molecule has 36 heavy (non-hydrogen) atoms. The Morgan fingerprint density at radius 3 is 2.53 bits per heavy atom. The van der Waals surface area contributed by atoms with Gasteiger partial charge in [-0.1, -0.05) is 78.3 Å². The lowest BCUT2D eigenvalue weighted by atomic mass is 10.1. The molecule has 0 bridgehead atoms. The lowest BCUT2D eigenvalue weighted by Gasteiger charge is -2.15. The number of fused-ring (bicyclic) bond motifs is 3. The van der Waals surface area contributed by atoms with Crippen LogP contribution in [0, 0.1) is 0 Å². The second-order valence-electron chi connectivity index (χ2n) is 9.06. The zero-order valence-electron chi connectivity index (χ0n) is 20.0.